The third-order valence-corrected chi connectivity index (χ3v) is 3.96. The Kier molecular flexibility index (Phi) is 3.40. The molecule has 0 unspecified atom stereocenters. The minimum absolute atomic E-state index is 0.0993. The quantitative estimate of drug-likeness (QED) is 0.788. The lowest BCUT2D eigenvalue weighted by Crippen LogP contribution is -2.35. The van der Waals surface area contributed by atoms with E-state index in [2.05, 4.69) is 11.4 Å². The maximum absolute atomic E-state index is 10.0. The van der Waals surface area contributed by atoms with Crippen LogP contribution in [0.4, 0.5) is 0 Å². The maximum atomic E-state index is 10.0. The summed E-state index contributed by atoms with van der Waals surface area (Å²) in [5.41, 5.74) is 0.956. The summed E-state index contributed by atoms with van der Waals surface area (Å²) < 4.78 is 0. The largest absolute Gasteiger partial charge is 0.508 e. The molecule has 0 heterocycles. The Morgan fingerprint density at radius 2 is 1.89 bits per heavy atom. The summed E-state index contributed by atoms with van der Waals surface area (Å²) in [7, 11) is 0. The number of aliphatic hydroxyl groups excluding tert-OH is 1. The molecule has 0 radical (unpaired) electrons. The van der Waals surface area contributed by atoms with Gasteiger partial charge in [-0.15, -0.1) is 0 Å². The predicted molar refractivity (Wildman–Crippen MR) is 76.1 cm³/mol. The molecular weight excluding hydrogens is 238 g/mol. The second kappa shape index (κ2) is 5.19. The van der Waals surface area contributed by atoms with Gasteiger partial charge in [0.25, 0.3) is 0 Å². The lowest BCUT2D eigenvalue weighted by atomic mass is 9.82. The number of aliphatic hydroxyl groups is 1. The van der Waals surface area contributed by atoms with E-state index in [4.69, 9.17) is 0 Å². The van der Waals surface area contributed by atoms with Gasteiger partial charge in [-0.1, -0.05) is 30.3 Å². The Hall–Kier alpha value is -1.58. The highest BCUT2D eigenvalue weighted by atomic mass is 16.3. The van der Waals surface area contributed by atoms with Crippen LogP contribution >= 0.6 is 0 Å². The Labute approximate surface area is 112 Å². The van der Waals surface area contributed by atoms with Gasteiger partial charge in [0, 0.05) is 12.1 Å². The molecule has 0 saturated heterocycles. The number of phenols is 1. The topological polar surface area (TPSA) is 52.5 Å². The van der Waals surface area contributed by atoms with E-state index < -0.39 is 0 Å². The van der Waals surface area contributed by atoms with Gasteiger partial charge in [0.2, 0.25) is 0 Å². The van der Waals surface area contributed by atoms with Crippen molar-refractivity contribution in [2.75, 3.05) is 6.54 Å². The van der Waals surface area contributed by atoms with Crippen LogP contribution in [0.5, 0.6) is 5.75 Å². The zero-order valence-corrected chi connectivity index (χ0v) is 10.8. The number of phenolic OH excluding ortho intramolecular Hbond substituents is 1. The summed E-state index contributed by atoms with van der Waals surface area (Å²) in [4.78, 5) is 0. The fraction of sp³-hybridized carbons (Fsp3) is 0.375. The molecule has 0 atom stereocenters. The first-order chi connectivity index (χ1) is 9.24. The number of aromatic hydroxyl groups is 1. The molecule has 2 aromatic rings. The van der Waals surface area contributed by atoms with Crippen molar-refractivity contribution in [3.8, 4) is 5.75 Å². The van der Waals surface area contributed by atoms with Crippen molar-refractivity contribution in [1.29, 1.82) is 0 Å². The summed E-state index contributed by atoms with van der Waals surface area (Å²) >= 11 is 0. The van der Waals surface area contributed by atoms with Crippen molar-refractivity contribution >= 4 is 10.8 Å². The average Bonchev–Trinajstić information content (AvgIpc) is 2.39. The van der Waals surface area contributed by atoms with Crippen LogP contribution in [0.1, 0.15) is 18.4 Å². The average molecular weight is 257 g/mol. The first kappa shape index (κ1) is 12.5. The summed E-state index contributed by atoms with van der Waals surface area (Å²) in [6.07, 6.45) is 1.70. The number of nitrogens with one attached hydrogen (secondary N) is 1. The first-order valence-corrected chi connectivity index (χ1v) is 6.82. The number of benzene rings is 2. The SMILES string of the molecule is Oc1ccc2ccccc2c1CNCC1CC(O)C1. The normalized spacial score (nSPS) is 22.4. The fourth-order valence-electron chi connectivity index (χ4n) is 2.78. The van der Waals surface area contributed by atoms with Crippen LogP contribution in [0, 0.1) is 5.92 Å². The molecule has 1 aliphatic rings. The van der Waals surface area contributed by atoms with Gasteiger partial charge in [-0.3, -0.25) is 0 Å². The van der Waals surface area contributed by atoms with E-state index in [1.807, 2.05) is 24.3 Å². The van der Waals surface area contributed by atoms with E-state index in [0.29, 0.717) is 18.2 Å². The lowest BCUT2D eigenvalue weighted by Gasteiger charge is -2.31. The van der Waals surface area contributed by atoms with E-state index in [1.165, 1.54) is 0 Å². The molecule has 3 heteroatoms. The molecule has 0 bridgehead atoms. The molecule has 19 heavy (non-hydrogen) atoms. The number of fused-ring (bicyclic) bond motifs is 1. The van der Waals surface area contributed by atoms with Crippen LogP contribution in [0.3, 0.4) is 0 Å². The summed E-state index contributed by atoms with van der Waals surface area (Å²) in [5.74, 6) is 0.923. The van der Waals surface area contributed by atoms with Gasteiger partial charge >= 0.3 is 0 Å². The van der Waals surface area contributed by atoms with E-state index in [-0.39, 0.29) is 6.10 Å². The van der Waals surface area contributed by atoms with Gasteiger partial charge < -0.3 is 15.5 Å². The minimum Gasteiger partial charge on any atom is -0.508 e. The summed E-state index contributed by atoms with van der Waals surface area (Å²) in [6.45, 7) is 1.57. The molecule has 3 nitrogen and oxygen atoms in total. The maximum Gasteiger partial charge on any atom is 0.120 e. The minimum atomic E-state index is -0.0993. The van der Waals surface area contributed by atoms with Gasteiger partial charge in [-0.2, -0.15) is 0 Å². The van der Waals surface area contributed by atoms with E-state index in [1.54, 1.807) is 6.07 Å². The molecule has 0 amide bonds. The molecule has 1 fully saturated rings. The van der Waals surface area contributed by atoms with Crippen LogP contribution in [0.15, 0.2) is 36.4 Å². The molecular formula is C16H19NO2. The molecule has 3 N–H and O–H groups in total. The molecule has 0 aliphatic heterocycles. The Morgan fingerprint density at radius 1 is 1.11 bits per heavy atom. The zero-order chi connectivity index (χ0) is 13.2. The van der Waals surface area contributed by atoms with Gasteiger partial charge in [-0.25, -0.2) is 0 Å². The number of hydrogen-bond donors (Lipinski definition) is 3. The highest BCUT2D eigenvalue weighted by Crippen LogP contribution is 2.28. The van der Waals surface area contributed by atoms with E-state index in [9.17, 15) is 10.2 Å². The Bertz CT molecular complexity index is 576. The van der Waals surface area contributed by atoms with Crippen LogP contribution in [0.25, 0.3) is 10.8 Å². The molecule has 2 aromatic carbocycles. The summed E-state index contributed by atoms with van der Waals surface area (Å²) in [5, 5.41) is 24.9. The molecule has 0 aromatic heterocycles. The first-order valence-electron chi connectivity index (χ1n) is 6.82. The van der Waals surface area contributed by atoms with Crippen LogP contribution in [-0.2, 0) is 6.54 Å². The Balaban J connectivity index is 1.71. The predicted octanol–water partition coefficient (Wildman–Crippen LogP) is 2.41. The fourth-order valence-corrected chi connectivity index (χ4v) is 2.78. The van der Waals surface area contributed by atoms with Crippen LogP contribution in [-0.4, -0.2) is 22.9 Å². The van der Waals surface area contributed by atoms with Crippen molar-refractivity contribution in [2.45, 2.75) is 25.5 Å². The highest BCUT2D eigenvalue weighted by molar-refractivity contribution is 5.87. The van der Waals surface area contributed by atoms with Gasteiger partial charge in [-0.05, 0) is 42.1 Å². The van der Waals surface area contributed by atoms with Crippen LogP contribution in [0.2, 0.25) is 0 Å². The monoisotopic (exact) mass is 257 g/mol. The molecule has 100 valence electrons. The van der Waals surface area contributed by atoms with Crippen molar-refractivity contribution in [1.82, 2.24) is 5.32 Å². The second-order valence-electron chi connectivity index (χ2n) is 5.41. The van der Waals surface area contributed by atoms with E-state index in [0.717, 1.165) is 35.7 Å². The van der Waals surface area contributed by atoms with Crippen molar-refractivity contribution in [3.63, 3.8) is 0 Å². The Morgan fingerprint density at radius 3 is 2.68 bits per heavy atom. The lowest BCUT2D eigenvalue weighted by molar-refractivity contribution is 0.0429. The highest BCUT2D eigenvalue weighted by Gasteiger charge is 2.26. The molecule has 3 rings (SSSR count). The van der Waals surface area contributed by atoms with Gasteiger partial charge in [0.15, 0.2) is 0 Å². The number of rotatable bonds is 4. The molecule has 1 saturated carbocycles. The third kappa shape index (κ3) is 2.57. The van der Waals surface area contributed by atoms with Crippen molar-refractivity contribution < 1.29 is 10.2 Å². The van der Waals surface area contributed by atoms with E-state index >= 15 is 0 Å². The zero-order valence-electron chi connectivity index (χ0n) is 10.8. The van der Waals surface area contributed by atoms with Crippen molar-refractivity contribution in [3.05, 3.63) is 42.0 Å². The summed E-state index contributed by atoms with van der Waals surface area (Å²) in [6, 6.07) is 11.8. The van der Waals surface area contributed by atoms with Gasteiger partial charge in [0.1, 0.15) is 5.75 Å². The van der Waals surface area contributed by atoms with Crippen molar-refractivity contribution in [2.24, 2.45) is 5.92 Å². The van der Waals surface area contributed by atoms with Gasteiger partial charge in [0.05, 0.1) is 6.10 Å². The number of hydrogen-bond acceptors (Lipinski definition) is 3. The second-order valence-corrected chi connectivity index (χ2v) is 5.41. The standard InChI is InChI=1S/C16H19NO2/c18-13-7-11(8-13)9-17-10-15-14-4-2-1-3-12(14)5-6-16(15)19/h1-6,11,13,17-19H,7-10H2. The molecule has 1 aliphatic carbocycles. The third-order valence-electron chi connectivity index (χ3n) is 3.96. The smallest absolute Gasteiger partial charge is 0.120 e. The molecule has 0 spiro atoms. The van der Waals surface area contributed by atoms with Crippen LogP contribution < -0.4 is 5.32 Å².